The van der Waals surface area contributed by atoms with Crippen molar-refractivity contribution in [1.82, 2.24) is 20.4 Å². The number of hydrogen-bond acceptors (Lipinski definition) is 9. The lowest BCUT2D eigenvalue weighted by atomic mass is 10.2. The molecule has 11 heteroatoms. The summed E-state index contributed by atoms with van der Waals surface area (Å²) in [6, 6.07) is 9.70. The molecule has 0 saturated heterocycles. The number of nitro groups is 1. The second-order valence-corrected chi connectivity index (χ2v) is 5.35. The predicted molar refractivity (Wildman–Crippen MR) is 100 cm³/mol. The number of aromatic nitrogens is 3. The standard InChI is InChI=1S/C17H15N7O4/c1-28-13-6-4-11(5-7-13)17(25)23-22-16-14(24(26)27)15(19-10-20-16)21-12-3-2-8-18-9-12/h2-10H,1H3,(H,23,25)(H2,19,20,21,22). The van der Waals surface area contributed by atoms with Crippen LogP contribution >= 0.6 is 0 Å². The van der Waals surface area contributed by atoms with Crippen molar-refractivity contribution in [2.75, 3.05) is 17.9 Å². The Hall–Kier alpha value is -4.28. The Kier molecular flexibility index (Phi) is 5.55. The van der Waals surface area contributed by atoms with E-state index in [1.165, 1.54) is 13.3 Å². The molecule has 0 spiro atoms. The quantitative estimate of drug-likeness (QED) is 0.414. The molecule has 0 aliphatic rings. The summed E-state index contributed by atoms with van der Waals surface area (Å²) in [6.07, 6.45) is 4.19. The molecule has 11 nitrogen and oxygen atoms in total. The SMILES string of the molecule is COc1ccc(C(=O)NNc2ncnc(Nc3cccnc3)c2[N+](=O)[O-])cc1. The molecular weight excluding hydrogens is 366 g/mol. The van der Waals surface area contributed by atoms with Crippen LogP contribution in [0.4, 0.5) is 23.0 Å². The average Bonchev–Trinajstić information content (AvgIpc) is 2.72. The lowest BCUT2D eigenvalue weighted by molar-refractivity contribution is -0.383. The average molecular weight is 381 g/mol. The van der Waals surface area contributed by atoms with Crippen molar-refractivity contribution in [1.29, 1.82) is 0 Å². The van der Waals surface area contributed by atoms with Crippen LogP contribution in [-0.2, 0) is 0 Å². The molecule has 0 fully saturated rings. The van der Waals surface area contributed by atoms with Gasteiger partial charge in [0.25, 0.3) is 5.91 Å². The number of anilines is 3. The van der Waals surface area contributed by atoms with E-state index in [2.05, 4.69) is 31.1 Å². The monoisotopic (exact) mass is 381 g/mol. The minimum Gasteiger partial charge on any atom is -0.497 e. The zero-order valence-corrected chi connectivity index (χ0v) is 14.6. The van der Waals surface area contributed by atoms with E-state index in [1.54, 1.807) is 42.6 Å². The number of carbonyl (C=O) groups is 1. The highest BCUT2D eigenvalue weighted by Crippen LogP contribution is 2.30. The summed E-state index contributed by atoms with van der Waals surface area (Å²) in [5, 5.41) is 14.3. The van der Waals surface area contributed by atoms with Crippen LogP contribution in [0, 0.1) is 10.1 Å². The van der Waals surface area contributed by atoms with Crippen LogP contribution in [0.2, 0.25) is 0 Å². The van der Waals surface area contributed by atoms with Crippen molar-refractivity contribution >= 4 is 28.9 Å². The molecule has 28 heavy (non-hydrogen) atoms. The third-order valence-electron chi connectivity index (χ3n) is 3.58. The number of methoxy groups -OCH3 is 1. The summed E-state index contributed by atoms with van der Waals surface area (Å²) in [4.78, 5) is 34.8. The maximum absolute atomic E-state index is 12.2. The fourth-order valence-corrected chi connectivity index (χ4v) is 2.24. The molecule has 0 bridgehead atoms. The zero-order chi connectivity index (χ0) is 19.9. The molecule has 3 aromatic rings. The van der Waals surface area contributed by atoms with Gasteiger partial charge in [-0.3, -0.25) is 30.7 Å². The van der Waals surface area contributed by atoms with E-state index in [0.29, 0.717) is 17.0 Å². The van der Waals surface area contributed by atoms with E-state index >= 15 is 0 Å². The van der Waals surface area contributed by atoms with Crippen molar-refractivity contribution < 1.29 is 14.5 Å². The first kappa shape index (κ1) is 18.5. The van der Waals surface area contributed by atoms with Crippen molar-refractivity contribution in [3.8, 4) is 5.75 Å². The van der Waals surface area contributed by atoms with Gasteiger partial charge in [0.15, 0.2) is 0 Å². The lowest BCUT2D eigenvalue weighted by Crippen LogP contribution is -2.30. The fraction of sp³-hybridized carbons (Fsp3) is 0.0588. The molecule has 2 aromatic heterocycles. The second kappa shape index (κ2) is 8.40. The minimum atomic E-state index is -0.652. The maximum Gasteiger partial charge on any atom is 0.355 e. The molecule has 0 radical (unpaired) electrons. The number of ether oxygens (including phenoxy) is 1. The molecule has 0 atom stereocenters. The van der Waals surface area contributed by atoms with Gasteiger partial charge in [-0.25, -0.2) is 9.97 Å². The molecule has 0 aliphatic heterocycles. The first-order valence-electron chi connectivity index (χ1n) is 7.95. The highest BCUT2D eigenvalue weighted by molar-refractivity contribution is 5.95. The molecule has 0 saturated carbocycles. The highest BCUT2D eigenvalue weighted by atomic mass is 16.6. The molecule has 2 heterocycles. The van der Waals surface area contributed by atoms with Crippen molar-refractivity contribution in [2.24, 2.45) is 0 Å². The zero-order valence-electron chi connectivity index (χ0n) is 14.6. The molecule has 1 amide bonds. The van der Waals surface area contributed by atoms with Gasteiger partial charge in [-0.2, -0.15) is 0 Å². The summed E-state index contributed by atoms with van der Waals surface area (Å²) < 4.78 is 5.03. The first-order chi connectivity index (χ1) is 13.6. The number of rotatable bonds is 7. The molecule has 0 unspecified atom stereocenters. The van der Waals surface area contributed by atoms with Gasteiger partial charge in [0.05, 0.1) is 23.9 Å². The number of pyridine rings is 1. The van der Waals surface area contributed by atoms with E-state index in [9.17, 15) is 14.9 Å². The Labute approximate surface area is 158 Å². The highest BCUT2D eigenvalue weighted by Gasteiger charge is 2.23. The number of hydrazine groups is 1. The Balaban J connectivity index is 1.78. The summed E-state index contributed by atoms with van der Waals surface area (Å²) in [6.45, 7) is 0. The van der Waals surface area contributed by atoms with Gasteiger partial charge < -0.3 is 10.1 Å². The fourth-order valence-electron chi connectivity index (χ4n) is 2.24. The summed E-state index contributed by atoms with van der Waals surface area (Å²) in [5.74, 6) is -0.123. The molecule has 0 aliphatic carbocycles. The van der Waals surface area contributed by atoms with E-state index < -0.39 is 16.5 Å². The van der Waals surface area contributed by atoms with E-state index in [4.69, 9.17) is 4.74 Å². The van der Waals surface area contributed by atoms with Gasteiger partial charge in [-0.15, -0.1) is 0 Å². The third-order valence-corrected chi connectivity index (χ3v) is 3.58. The third kappa shape index (κ3) is 4.27. The lowest BCUT2D eigenvalue weighted by Gasteiger charge is -2.11. The molecule has 3 rings (SSSR count). The van der Waals surface area contributed by atoms with Gasteiger partial charge in [-0.1, -0.05) is 0 Å². The van der Waals surface area contributed by atoms with Gasteiger partial charge in [0.1, 0.15) is 12.1 Å². The predicted octanol–water partition coefficient (Wildman–Crippen LogP) is 2.29. The molecule has 142 valence electrons. The molecule has 3 N–H and O–H groups in total. The van der Waals surface area contributed by atoms with Crippen molar-refractivity contribution in [3.63, 3.8) is 0 Å². The topological polar surface area (TPSA) is 144 Å². The van der Waals surface area contributed by atoms with E-state index in [1.807, 2.05) is 0 Å². The van der Waals surface area contributed by atoms with Gasteiger partial charge >= 0.3 is 5.69 Å². The van der Waals surface area contributed by atoms with E-state index in [-0.39, 0.29) is 11.6 Å². The number of amides is 1. The van der Waals surface area contributed by atoms with Crippen LogP contribution in [0.15, 0.2) is 55.1 Å². The Morgan fingerprint density at radius 3 is 2.54 bits per heavy atom. The number of carbonyl (C=O) groups excluding carboxylic acids is 1. The number of nitrogens with zero attached hydrogens (tertiary/aromatic N) is 4. The number of hydrogen-bond donors (Lipinski definition) is 3. The Morgan fingerprint density at radius 2 is 1.89 bits per heavy atom. The molecular formula is C17H15N7O4. The second-order valence-electron chi connectivity index (χ2n) is 5.35. The van der Waals surface area contributed by atoms with Gasteiger partial charge in [0.2, 0.25) is 11.6 Å². The number of nitrogens with one attached hydrogen (secondary N) is 3. The van der Waals surface area contributed by atoms with Crippen LogP contribution in [0.5, 0.6) is 5.75 Å². The van der Waals surface area contributed by atoms with Crippen LogP contribution in [0.25, 0.3) is 0 Å². The first-order valence-corrected chi connectivity index (χ1v) is 7.95. The normalized spacial score (nSPS) is 10.0. The summed E-state index contributed by atoms with van der Waals surface area (Å²) >= 11 is 0. The van der Waals surface area contributed by atoms with Crippen LogP contribution in [-0.4, -0.2) is 32.9 Å². The van der Waals surface area contributed by atoms with Crippen molar-refractivity contribution in [3.05, 3.63) is 70.8 Å². The molecule has 1 aromatic carbocycles. The number of benzene rings is 1. The van der Waals surface area contributed by atoms with Crippen LogP contribution in [0.1, 0.15) is 10.4 Å². The summed E-state index contributed by atoms with van der Waals surface area (Å²) in [7, 11) is 1.52. The minimum absolute atomic E-state index is 0.0470. The smallest absolute Gasteiger partial charge is 0.355 e. The van der Waals surface area contributed by atoms with Crippen LogP contribution < -0.4 is 20.9 Å². The summed E-state index contributed by atoms with van der Waals surface area (Å²) in [5.41, 5.74) is 5.26. The van der Waals surface area contributed by atoms with E-state index in [0.717, 1.165) is 6.33 Å². The van der Waals surface area contributed by atoms with Crippen LogP contribution in [0.3, 0.4) is 0 Å². The van der Waals surface area contributed by atoms with Gasteiger partial charge in [0, 0.05) is 11.8 Å². The van der Waals surface area contributed by atoms with Crippen molar-refractivity contribution in [2.45, 2.75) is 0 Å². The maximum atomic E-state index is 12.2. The van der Waals surface area contributed by atoms with Gasteiger partial charge in [-0.05, 0) is 36.4 Å². The Bertz CT molecular complexity index is 981. The Morgan fingerprint density at radius 1 is 1.14 bits per heavy atom. The largest absolute Gasteiger partial charge is 0.497 e.